The van der Waals surface area contributed by atoms with Crippen LogP contribution in [0, 0.1) is 5.92 Å². The van der Waals surface area contributed by atoms with E-state index in [2.05, 4.69) is 4.74 Å². The minimum Gasteiger partial charge on any atom is -0.466 e. The molecule has 0 radical (unpaired) electrons. The number of esters is 1. The van der Waals surface area contributed by atoms with Crippen LogP contribution < -0.4 is 0 Å². The van der Waals surface area contributed by atoms with Gasteiger partial charge in [-0.1, -0.05) is 18.7 Å². The highest BCUT2D eigenvalue weighted by Crippen LogP contribution is 2.67. The Kier molecular flexibility index (Phi) is 2.34. The first kappa shape index (κ1) is 10.4. The highest BCUT2D eigenvalue weighted by molar-refractivity contribution is 6.63. The molecule has 0 bridgehead atoms. The fraction of sp³-hybridized carbons (Fsp3) is 0.857. The summed E-state index contributed by atoms with van der Waals surface area (Å²) in [6, 6.07) is 0. The lowest BCUT2D eigenvalue weighted by Crippen LogP contribution is -2.27. The van der Waals surface area contributed by atoms with Crippen molar-refractivity contribution in [2.24, 2.45) is 5.92 Å². The lowest BCUT2D eigenvalue weighted by Gasteiger charge is -2.22. The lowest BCUT2D eigenvalue weighted by atomic mass is 9.68. The third-order valence-electron chi connectivity index (χ3n) is 2.60. The molecule has 0 aromatic rings. The maximum absolute atomic E-state index is 12.3. The van der Waals surface area contributed by atoms with E-state index in [9.17, 15) is 17.7 Å². The molecular weight excluding hydrogens is 184 g/mol. The zero-order valence-corrected chi connectivity index (χ0v) is 7.52. The summed E-state index contributed by atoms with van der Waals surface area (Å²) in [6.07, 6.45) is -0.116. The molecule has 2 nitrogen and oxygen atoms in total. The Labute approximate surface area is 74.5 Å². The molecule has 0 heterocycles. The third-order valence-corrected chi connectivity index (χ3v) is 2.60. The molecule has 0 spiro atoms. The third kappa shape index (κ3) is 1.66. The van der Waals surface area contributed by atoms with E-state index in [0.29, 0.717) is 0 Å². The van der Waals surface area contributed by atoms with Crippen LogP contribution in [0.15, 0.2) is 0 Å². The molecule has 1 aliphatic rings. The SMILES string of the molecule is CCOC(=O)[C@H]1C[C@]1(C)[B-](F)(F)F. The van der Waals surface area contributed by atoms with Gasteiger partial charge in [0.25, 0.3) is 0 Å². The Morgan fingerprint density at radius 2 is 2.15 bits per heavy atom. The number of halogens is 3. The van der Waals surface area contributed by atoms with Crippen LogP contribution in [0.5, 0.6) is 0 Å². The van der Waals surface area contributed by atoms with E-state index in [1.165, 1.54) is 0 Å². The van der Waals surface area contributed by atoms with Crippen molar-refractivity contribution >= 4 is 12.9 Å². The first-order valence-electron chi connectivity index (χ1n) is 4.19. The number of rotatable bonds is 3. The van der Waals surface area contributed by atoms with Crippen molar-refractivity contribution in [3.05, 3.63) is 0 Å². The van der Waals surface area contributed by atoms with Crippen molar-refractivity contribution < 1.29 is 22.5 Å². The van der Waals surface area contributed by atoms with Gasteiger partial charge in [0.15, 0.2) is 0 Å². The van der Waals surface area contributed by atoms with Gasteiger partial charge < -0.3 is 17.7 Å². The summed E-state index contributed by atoms with van der Waals surface area (Å²) < 4.78 is 41.5. The molecule has 76 valence electrons. The largest absolute Gasteiger partial charge is 0.485 e. The molecule has 6 heteroatoms. The first-order chi connectivity index (χ1) is 5.83. The summed E-state index contributed by atoms with van der Waals surface area (Å²) in [5.74, 6) is -1.68. The van der Waals surface area contributed by atoms with Crippen LogP contribution in [0.4, 0.5) is 12.9 Å². The van der Waals surface area contributed by atoms with Crippen LogP contribution >= 0.6 is 0 Å². The minimum atomic E-state index is -4.93. The second kappa shape index (κ2) is 2.92. The fourth-order valence-electron chi connectivity index (χ4n) is 1.34. The molecule has 1 rings (SSSR count). The van der Waals surface area contributed by atoms with Crippen LogP contribution in [0.3, 0.4) is 0 Å². The molecule has 0 unspecified atom stereocenters. The number of ether oxygens (including phenoxy) is 1. The Morgan fingerprint density at radius 1 is 1.62 bits per heavy atom. The van der Waals surface area contributed by atoms with Crippen LogP contribution in [0.25, 0.3) is 0 Å². The van der Waals surface area contributed by atoms with Gasteiger partial charge in [0.2, 0.25) is 0 Å². The van der Waals surface area contributed by atoms with Crippen molar-refractivity contribution in [3.8, 4) is 0 Å². The molecule has 0 aromatic heterocycles. The van der Waals surface area contributed by atoms with Crippen LogP contribution in [0.2, 0.25) is 5.31 Å². The van der Waals surface area contributed by atoms with Gasteiger partial charge in [0, 0.05) is 5.92 Å². The van der Waals surface area contributed by atoms with Crippen LogP contribution in [-0.2, 0) is 9.53 Å². The number of carbonyl (C=O) groups is 1. The fourth-order valence-corrected chi connectivity index (χ4v) is 1.34. The number of carbonyl (C=O) groups excluding carboxylic acids is 1. The second-order valence-corrected chi connectivity index (χ2v) is 3.59. The van der Waals surface area contributed by atoms with E-state index < -0.39 is 24.2 Å². The van der Waals surface area contributed by atoms with Crippen LogP contribution in [0.1, 0.15) is 20.3 Å². The molecule has 0 aromatic carbocycles. The average Bonchev–Trinajstić information content (AvgIpc) is 2.63. The summed E-state index contributed by atoms with van der Waals surface area (Å²) in [6.45, 7) is -2.14. The molecular formula is C7H11BF3O2-. The Hall–Kier alpha value is -0.675. The van der Waals surface area contributed by atoms with Gasteiger partial charge >= 0.3 is 12.9 Å². The van der Waals surface area contributed by atoms with Crippen molar-refractivity contribution in [1.29, 1.82) is 0 Å². The molecule has 13 heavy (non-hydrogen) atoms. The average molecular weight is 195 g/mol. The molecule has 0 amide bonds. The molecule has 1 aliphatic carbocycles. The van der Waals surface area contributed by atoms with Crippen molar-refractivity contribution in [3.63, 3.8) is 0 Å². The summed E-state index contributed by atoms with van der Waals surface area (Å²) in [4.78, 5) is 11.0. The maximum Gasteiger partial charge on any atom is 0.485 e. The van der Waals surface area contributed by atoms with Crippen LogP contribution in [-0.4, -0.2) is 19.6 Å². The summed E-state index contributed by atoms with van der Waals surface area (Å²) in [5, 5.41) is -1.79. The van der Waals surface area contributed by atoms with E-state index in [-0.39, 0.29) is 13.0 Å². The molecule has 0 N–H and O–H groups in total. The Bertz CT molecular complexity index is 228. The van der Waals surface area contributed by atoms with Crippen molar-refractivity contribution in [2.45, 2.75) is 25.6 Å². The number of hydrogen-bond acceptors (Lipinski definition) is 2. The molecule has 1 saturated carbocycles. The van der Waals surface area contributed by atoms with Gasteiger partial charge in [-0.3, -0.25) is 4.79 Å². The number of hydrogen-bond donors (Lipinski definition) is 0. The Balaban J connectivity index is 2.58. The normalized spacial score (nSPS) is 32.8. The van der Waals surface area contributed by atoms with E-state index in [0.717, 1.165) is 6.92 Å². The van der Waals surface area contributed by atoms with Gasteiger partial charge in [-0.25, -0.2) is 0 Å². The molecule has 0 aliphatic heterocycles. The van der Waals surface area contributed by atoms with Gasteiger partial charge in [0.05, 0.1) is 6.61 Å². The van der Waals surface area contributed by atoms with E-state index >= 15 is 0 Å². The summed E-state index contributed by atoms with van der Waals surface area (Å²) >= 11 is 0. The topological polar surface area (TPSA) is 26.3 Å². The predicted octanol–water partition coefficient (Wildman–Crippen LogP) is 2.18. The zero-order valence-electron chi connectivity index (χ0n) is 7.52. The van der Waals surface area contributed by atoms with E-state index in [1.54, 1.807) is 6.92 Å². The second-order valence-electron chi connectivity index (χ2n) is 3.59. The highest BCUT2D eigenvalue weighted by atomic mass is 19.4. The first-order valence-corrected chi connectivity index (χ1v) is 4.19. The standard InChI is InChI=1S/C7H11BF3O2/c1-3-13-6(12)5-4-7(5,2)8(9,10)11/h5H,3-4H2,1-2H3/q-1/t5-,7+/m1/s1. The minimum absolute atomic E-state index is 0.116. The van der Waals surface area contributed by atoms with Gasteiger partial charge in [-0.05, 0) is 6.92 Å². The monoisotopic (exact) mass is 195 g/mol. The summed E-state index contributed by atoms with van der Waals surface area (Å²) in [5.41, 5.74) is 0. The lowest BCUT2D eigenvalue weighted by molar-refractivity contribution is -0.145. The van der Waals surface area contributed by atoms with E-state index in [1.807, 2.05) is 0 Å². The molecule has 1 fully saturated rings. The summed E-state index contributed by atoms with van der Waals surface area (Å²) in [7, 11) is 0. The quantitative estimate of drug-likeness (QED) is 0.509. The Morgan fingerprint density at radius 3 is 2.46 bits per heavy atom. The zero-order chi connectivity index (χ0) is 10.3. The molecule has 2 atom stereocenters. The van der Waals surface area contributed by atoms with Gasteiger partial charge in [-0.15, -0.1) is 0 Å². The smallest absolute Gasteiger partial charge is 0.466 e. The van der Waals surface area contributed by atoms with Gasteiger partial charge in [0.1, 0.15) is 0 Å². The maximum atomic E-state index is 12.3. The van der Waals surface area contributed by atoms with Crippen molar-refractivity contribution in [2.75, 3.05) is 6.61 Å². The predicted molar refractivity (Wildman–Crippen MR) is 42.2 cm³/mol. The highest BCUT2D eigenvalue weighted by Gasteiger charge is 2.65. The van der Waals surface area contributed by atoms with Crippen molar-refractivity contribution in [1.82, 2.24) is 0 Å². The molecule has 0 saturated heterocycles. The van der Waals surface area contributed by atoms with Gasteiger partial charge in [-0.2, -0.15) is 0 Å². The van der Waals surface area contributed by atoms with E-state index in [4.69, 9.17) is 0 Å².